The number of aryl methyl sites for hydroxylation is 1. The molecule has 16 nitrogen and oxygen atoms in total. The maximum Gasteiger partial charge on any atom is 0.417 e. The zero-order valence-corrected chi connectivity index (χ0v) is 41.5. The first-order chi connectivity index (χ1) is 33.0. The van der Waals surface area contributed by atoms with Gasteiger partial charge in [-0.3, -0.25) is 24.1 Å². The summed E-state index contributed by atoms with van der Waals surface area (Å²) in [6, 6.07) is 15.1. The number of β-amino-alcohol motifs (C(OH)–C–C–N with tert-alkyl or cyclic N) is 1. The molecule has 1 aromatic heterocycles. The number of carbonyl (C=O) groups is 4. The van der Waals surface area contributed by atoms with E-state index in [0.29, 0.717) is 22.7 Å². The van der Waals surface area contributed by atoms with Crippen molar-refractivity contribution in [2.75, 3.05) is 56.0 Å². The molecule has 0 radical (unpaired) electrons. The first-order valence-electron chi connectivity index (χ1n) is 22.4. The van der Waals surface area contributed by atoms with Gasteiger partial charge in [0.15, 0.2) is 5.11 Å². The first kappa shape index (κ1) is 53.2. The summed E-state index contributed by atoms with van der Waals surface area (Å²) < 4.78 is 64.7. The largest absolute Gasteiger partial charge is 0.491 e. The van der Waals surface area contributed by atoms with Gasteiger partial charge in [0.1, 0.15) is 42.3 Å². The Bertz CT molecular complexity index is 2610. The van der Waals surface area contributed by atoms with Gasteiger partial charge in [-0.25, -0.2) is 4.98 Å². The molecule has 0 spiro atoms. The first-order valence-corrected chi connectivity index (χ1v) is 23.7. The molecule has 3 heterocycles. The number of nitriles is 1. The number of rotatable bonds is 19. The van der Waals surface area contributed by atoms with Crippen LogP contribution in [0.15, 0.2) is 66.2 Å². The Kier molecular flexibility index (Phi) is 16.9. The summed E-state index contributed by atoms with van der Waals surface area (Å²) in [5.41, 5.74) is 0.984. The second-order valence-corrected chi connectivity index (χ2v) is 19.5. The Labute approximate surface area is 413 Å². The lowest BCUT2D eigenvalue weighted by atomic mass is 9.85. The number of thiocarbonyl (C=S) groups is 1. The number of hydrogen-bond donors (Lipinski definition) is 3. The molecule has 2 aliphatic heterocycles. The van der Waals surface area contributed by atoms with Crippen LogP contribution in [-0.4, -0.2) is 114 Å². The molecule has 0 bridgehead atoms. The van der Waals surface area contributed by atoms with E-state index in [0.717, 1.165) is 33.2 Å². The van der Waals surface area contributed by atoms with E-state index in [2.05, 4.69) is 15.6 Å². The molecule has 4 aromatic rings. The number of aromatic nitrogens is 1. The average molecular weight is 1010 g/mol. The van der Waals surface area contributed by atoms with Crippen molar-refractivity contribution in [2.24, 2.45) is 5.41 Å². The number of thiazole rings is 1. The van der Waals surface area contributed by atoms with Gasteiger partial charge in [-0.15, -0.1) is 11.3 Å². The van der Waals surface area contributed by atoms with Gasteiger partial charge in [-0.1, -0.05) is 32.9 Å². The predicted molar refractivity (Wildman–Crippen MR) is 259 cm³/mol. The Morgan fingerprint density at radius 3 is 2.21 bits per heavy atom. The van der Waals surface area contributed by atoms with Crippen LogP contribution in [0.5, 0.6) is 11.5 Å². The number of likely N-dealkylation sites (tertiary alicyclic amines) is 1. The number of halogens is 3. The highest BCUT2D eigenvalue weighted by Gasteiger charge is 2.51. The van der Waals surface area contributed by atoms with E-state index in [9.17, 15) is 42.7 Å². The highest BCUT2D eigenvalue weighted by Crippen LogP contribution is 2.40. The fraction of sp³-hybridized carbons (Fsp3) is 0.449. The van der Waals surface area contributed by atoms with Crippen LogP contribution in [0.3, 0.4) is 0 Å². The predicted octanol–water partition coefficient (Wildman–Crippen LogP) is 6.55. The fourth-order valence-electron chi connectivity index (χ4n) is 8.08. The molecule has 70 heavy (non-hydrogen) atoms. The molecule has 2 fully saturated rings. The van der Waals surface area contributed by atoms with Crippen LogP contribution in [0.2, 0.25) is 0 Å². The summed E-state index contributed by atoms with van der Waals surface area (Å²) in [4.78, 5) is 62.1. The third kappa shape index (κ3) is 12.4. The molecule has 0 aliphatic carbocycles. The van der Waals surface area contributed by atoms with Crippen molar-refractivity contribution in [1.29, 1.82) is 5.26 Å². The van der Waals surface area contributed by atoms with Crippen LogP contribution in [-0.2, 0) is 41.4 Å². The maximum atomic E-state index is 13.7. The third-order valence-electron chi connectivity index (χ3n) is 11.7. The lowest BCUT2D eigenvalue weighted by molar-refractivity contribution is -0.143. The van der Waals surface area contributed by atoms with Crippen LogP contribution < -0.4 is 29.9 Å². The minimum atomic E-state index is -4.81. The third-order valence-corrected chi connectivity index (χ3v) is 13.0. The van der Waals surface area contributed by atoms with Crippen molar-refractivity contribution < 1.29 is 56.4 Å². The smallest absolute Gasteiger partial charge is 0.417 e. The Hall–Kier alpha value is -6.18. The second-order valence-electron chi connectivity index (χ2n) is 18.3. The molecule has 2 aliphatic rings. The molecule has 2 saturated heterocycles. The monoisotopic (exact) mass is 1010 g/mol. The van der Waals surface area contributed by atoms with Crippen LogP contribution in [0.4, 0.5) is 24.5 Å². The van der Waals surface area contributed by atoms with Crippen LogP contribution in [0.25, 0.3) is 10.4 Å². The average Bonchev–Trinajstić information content (AvgIpc) is 3.97. The lowest BCUT2D eigenvalue weighted by Crippen LogP contribution is -2.57. The van der Waals surface area contributed by atoms with Gasteiger partial charge in [0.05, 0.1) is 71.5 Å². The van der Waals surface area contributed by atoms with E-state index in [1.807, 2.05) is 45.9 Å². The molecule has 0 unspecified atom stereocenters. The zero-order valence-electron chi connectivity index (χ0n) is 39.8. The fourth-order valence-corrected chi connectivity index (χ4v) is 9.41. The summed E-state index contributed by atoms with van der Waals surface area (Å²) in [6.45, 7) is 13.4. The number of nitrogens with zero attached hydrogens (tertiary/aromatic N) is 5. The van der Waals surface area contributed by atoms with Crippen LogP contribution in [0, 0.1) is 23.7 Å². The Morgan fingerprint density at radius 1 is 0.971 bits per heavy atom. The van der Waals surface area contributed by atoms with Crippen molar-refractivity contribution in [3.8, 4) is 28.0 Å². The molecule has 4 amide bonds. The maximum absolute atomic E-state index is 13.7. The normalized spacial score (nSPS) is 17.4. The van der Waals surface area contributed by atoms with Gasteiger partial charge in [0.2, 0.25) is 17.7 Å². The number of hydrogen-bond acceptors (Lipinski definition) is 13. The van der Waals surface area contributed by atoms with Crippen molar-refractivity contribution in [3.05, 3.63) is 88.6 Å². The number of amides is 4. The van der Waals surface area contributed by atoms with E-state index < -0.39 is 64.2 Å². The Morgan fingerprint density at radius 2 is 1.61 bits per heavy atom. The summed E-state index contributed by atoms with van der Waals surface area (Å²) in [5.74, 6) is -0.782. The molecule has 3 aromatic carbocycles. The van der Waals surface area contributed by atoms with Crippen molar-refractivity contribution in [3.63, 3.8) is 0 Å². The minimum Gasteiger partial charge on any atom is -0.491 e. The molecular formula is C49H56F3N7O9S2. The van der Waals surface area contributed by atoms with Gasteiger partial charge in [-0.2, -0.15) is 18.4 Å². The molecule has 21 heteroatoms. The molecule has 3 atom stereocenters. The number of carbonyl (C=O) groups excluding carboxylic acids is 4. The van der Waals surface area contributed by atoms with Gasteiger partial charge >= 0.3 is 6.18 Å². The molecular weight excluding hydrogens is 952 g/mol. The SMILES string of the molecule is CC(=O)N[C@H](C(=O)N1C[C@H](O)C[C@H]1C(=O)NCc1ccc(-c2scnc2C)cc1OCCOCCOCCOc1ccc(N2C(=S)N(c3ccc(C#N)c(C(F)(F)F)c3)C(=O)C2(C)C)cc1)C(C)(C)C. The van der Waals surface area contributed by atoms with E-state index in [1.54, 1.807) is 54.6 Å². The Balaban J connectivity index is 0.961. The standard InChI is InChI=1S/C49H56F3N7O9S2/c1-29-41(70-28-55-29)31-8-9-33(26-54-43(62)39-24-36(61)27-57(39)44(63)42(47(3,4)5)56-30(2)60)40(22-31)68-21-19-66-17-16-65-18-20-67-37-14-12-34(13-15-37)59-46(69)58(45(64)48(59,6)7)35-11-10-32(25-53)38(23-35)49(50,51)52/h8-15,22-23,28,36,39,42,61H,16-21,24,26-27H2,1-7H3,(H,54,62)(H,56,60)/t36-,39+,42-/m1/s1. The molecule has 3 N–H and O–H groups in total. The van der Waals surface area contributed by atoms with E-state index in [4.69, 9.17) is 31.2 Å². The molecule has 0 saturated carbocycles. The highest BCUT2D eigenvalue weighted by molar-refractivity contribution is 7.81. The summed E-state index contributed by atoms with van der Waals surface area (Å²) >= 11 is 7.12. The molecule has 374 valence electrons. The number of anilines is 2. The number of aliphatic hydroxyl groups is 1. The number of ether oxygens (including phenoxy) is 4. The molecule has 6 rings (SSSR count). The minimum absolute atomic E-state index is 0.0207. The van der Waals surface area contributed by atoms with Gasteiger partial charge in [-0.05, 0) is 92.5 Å². The van der Waals surface area contributed by atoms with Crippen LogP contribution in [0.1, 0.15) is 70.3 Å². The van der Waals surface area contributed by atoms with Gasteiger partial charge in [0, 0.05) is 37.7 Å². The van der Waals surface area contributed by atoms with Crippen molar-refractivity contribution in [2.45, 2.75) is 91.3 Å². The van der Waals surface area contributed by atoms with Gasteiger partial charge < -0.3 is 44.5 Å². The summed E-state index contributed by atoms with van der Waals surface area (Å²) in [7, 11) is 0. The second kappa shape index (κ2) is 22.3. The van der Waals surface area contributed by atoms with Crippen molar-refractivity contribution in [1.82, 2.24) is 20.5 Å². The highest BCUT2D eigenvalue weighted by atomic mass is 32.1. The lowest BCUT2D eigenvalue weighted by Gasteiger charge is -2.35. The summed E-state index contributed by atoms with van der Waals surface area (Å²) in [5, 5.41) is 25.3. The van der Waals surface area contributed by atoms with Crippen LogP contribution >= 0.6 is 23.6 Å². The van der Waals surface area contributed by atoms with E-state index in [1.165, 1.54) is 29.2 Å². The topological polar surface area (TPSA) is 196 Å². The van der Waals surface area contributed by atoms with Gasteiger partial charge in [0.25, 0.3) is 5.91 Å². The van der Waals surface area contributed by atoms with E-state index in [-0.39, 0.29) is 75.9 Å². The number of benzene rings is 3. The number of nitrogens with one attached hydrogen (secondary N) is 2. The van der Waals surface area contributed by atoms with E-state index >= 15 is 0 Å². The number of alkyl halides is 3. The summed E-state index contributed by atoms with van der Waals surface area (Å²) in [6.07, 6.45) is -5.66. The number of aliphatic hydroxyl groups excluding tert-OH is 1. The van der Waals surface area contributed by atoms with Crippen molar-refractivity contribution >= 4 is 63.7 Å². The zero-order chi connectivity index (χ0) is 51.1. The quantitative estimate of drug-likeness (QED) is 0.0677.